The third-order valence-electron chi connectivity index (χ3n) is 2.86. The van der Waals surface area contributed by atoms with E-state index in [1.165, 1.54) is 6.92 Å². The smallest absolute Gasteiger partial charge is 0.337 e. The van der Waals surface area contributed by atoms with E-state index >= 15 is 0 Å². The van der Waals surface area contributed by atoms with Crippen LogP contribution >= 0.6 is 0 Å². The van der Waals surface area contributed by atoms with E-state index in [1.54, 1.807) is 0 Å². The molecule has 0 aliphatic heterocycles. The molecule has 0 aromatic heterocycles. The van der Waals surface area contributed by atoms with Crippen LogP contribution in [0.5, 0.6) is 0 Å². The molecule has 0 bridgehead atoms. The van der Waals surface area contributed by atoms with Crippen LogP contribution in [0.25, 0.3) is 0 Å². The monoisotopic (exact) mass is 345 g/mol. The lowest BCUT2D eigenvalue weighted by molar-refractivity contribution is 0.0697. The van der Waals surface area contributed by atoms with Crippen molar-refractivity contribution in [3.05, 3.63) is 58.9 Å². The summed E-state index contributed by atoms with van der Waals surface area (Å²) >= 11 is 0. The van der Waals surface area contributed by atoms with E-state index in [0.29, 0.717) is 17.7 Å². The van der Waals surface area contributed by atoms with Gasteiger partial charge >= 0.3 is 5.97 Å². The summed E-state index contributed by atoms with van der Waals surface area (Å²) in [6.07, 6.45) is 0. The average Bonchev–Trinajstić information content (AvgIpc) is 2.41. The molecule has 2 aromatic carbocycles. The first-order valence-electron chi connectivity index (χ1n) is 6.12. The van der Waals surface area contributed by atoms with Crippen LogP contribution in [0.1, 0.15) is 15.9 Å². The van der Waals surface area contributed by atoms with E-state index in [2.05, 4.69) is 0 Å². The Labute approximate surface area is 129 Å². The molecule has 0 radical (unpaired) electrons. The number of anilines is 1. The van der Waals surface area contributed by atoms with E-state index in [1.807, 2.05) is 4.72 Å². The lowest BCUT2D eigenvalue weighted by Crippen LogP contribution is -2.16. The van der Waals surface area contributed by atoms with Crippen LogP contribution in [0.2, 0.25) is 0 Å². The maximum atomic E-state index is 13.3. The summed E-state index contributed by atoms with van der Waals surface area (Å²) in [6, 6.07) is 3.72. The van der Waals surface area contributed by atoms with Gasteiger partial charge in [-0.2, -0.15) is 0 Å². The Morgan fingerprint density at radius 1 is 1.04 bits per heavy atom. The molecule has 0 saturated heterocycles. The van der Waals surface area contributed by atoms with Crippen LogP contribution in [0.4, 0.5) is 18.9 Å². The third kappa shape index (κ3) is 3.62. The summed E-state index contributed by atoms with van der Waals surface area (Å²) in [5.74, 6) is -5.33. The molecule has 23 heavy (non-hydrogen) atoms. The number of hydrogen-bond donors (Lipinski definition) is 2. The second-order valence-corrected chi connectivity index (χ2v) is 6.37. The van der Waals surface area contributed by atoms with Crippen LogP contribution in [0.15, 0.2) is 35.2 Å². The quantitative estimate of drug-likeness (QED) is 0.892. The number of aryl methyl sites for hydroxylation is 1. The molecule has 122 valence electrons. The van der Waals surface area contributed by atoms with Crippen molar-refractivity contribution >= 4 is 21.7 Å². The van der Waals surface area contributed by atoms with Crippen molar-refractivity contribution in [3.8, 4) is 0 Å². The molecule has 5 nitrogen and oxygen atoms in total. The minimum Gasteiger partial charge on any atom is -0.478 e. The van der Waals surface area contributed by atoms with Gasteiger partial charge in [0.15, 0.2) is 11.6 Å². The van der Waals surface area contributed by atoms with Crippen molar-refractivity contribution in [2.45, 2.75) is 11.8 Å². The number of carbonyl (C=O) groups is 1. The first-order chi connectivity index (χ1) is 10.6. The molecule has 0 aliphatic carbocycles. The maximum Gasteiger partial charge on any atom is 0.337 e. The van der Waals surface area contributed by atoms with Crippen LogP contribution in [0, 0.1) is 24.4 Å². The summed E-state index contributed by atoms with van der Waals surface area (Å²) in [7, 11) is -4.39. The van der Waals surface area contributed by atoms with Crippen molar-refractivity contribution in [2.24, 2.45) is 0 Å². The van der Waals surface area contributed by atoms with Crippen molar-refractivity contribution < 1.29 is 31.5 Å². The summed E-state index contributed by atoms with van der Waals surface area (Å²) in [6.45, 7) is 1.46. The lowest BCUT2D eigenvalue weighted by atomic mass is 10.2. The molecule has 9 heteroatoms. The second kappa shape index (κ2) is 5.92. The summed E-state index contributed by atoms with van der Waals surface area (Å²) < 4.78 is 65.9. The zero-order valence-corrected chi connectivity index (χ0v) is 12.4. The van der Waals surface area contributed by atoms with Gasteiger partial charge in [-0.15, -0.1) is 0 Å². The highest BCUT2D eigenvalue weighted by atomic mass is 32.2. The Kier molecular flexibility index (Phi) is 4.33. The number of nitrogens with one attached hydrogen (secondary N) is 1. The first-order valence-corrected chi connectivity index (χ1v) is 7.61. The van der Waals surface area contributed by atoms with Gasteiger partial charge in [-0.05, 0) is 36.8 Å². The van der Waals surface area contributed by atoms with E-state index in [-0.39, 0.29) is 0 Å². The van der Waals surface area contributed by atoms with Gasteiger partial charge in [-0.3, -0.25) is 4.72 Å². The largest absolute Gasteiger partial charge is 0.478 e. The van der Waals surface area contributed by atoms with Crippen LogP contribution in [0.3, 0.4) is 0 Å². The first kappa shape index (κ1) is 16.8. The Morgan fingerprint density at radius 2 is 1.65 bits per heavy atom. The van der Waals surface area contributed by atoms with Crippen molar-refractivity contribution in [2.75, 3.05) is 4.72 Å². The fourth-order valence-electron chi connectivity index (χ4n) is 1.87. The van der Waals surface area contributed by atoms with Crippen molar-refractivity contribution in [3.63, 3.8) is 0 Å². The van der Waals surface area contributed by atoms with Gasteiger partial charge in [-0.25, -0.2) is 26.4 Å². The highest BCUT2D eigenvalue weighted by Gasteiger charge is 2.22. The maximum absolute atomic E-state index is 13.3. The van der Waals surface area contributed by atoms with Crippen LogP contribution in [-0.4, -0.2) is 19.5 Å². The molecule has 0 heterocycles. The van der Waals surface area contributed by atoms with Gasteiger partial charge in [0.1, 0.15) is 5.82 Å². The summed E-state index contributed by atoms with van der Waals surface area (Å²) in [5.41, 5.74) is -1.13. The summed E-state index contributed by atoms with van der Waals surface area (Å²) in [4.78, 5) is 10.6. The van der Waals surface area contributed by atoms with Gasteiger partial charge in [0.25, 0.3) is 10.0 Å². The number of hydrogen-bond acceptors (Lipinski definition) is 3. The molecule has 0 fully saturated rings. The Balaban J connectivity index is 2.53. The predicted octanol–water partition coefficient (Wildman–Crippen LogP) is 2.91. The van der Waals surface area contributed by atoms with Crippen LogP contribution in [-0.2, 0) is 10.0 Å². The van der Waals surface area contributed by atoms with Crippen molar-refractivity contribution in [1.29, 1.82) is 0 Å². The Hall–Kier alpha value is -2.55. The standard InChI is InChI=1S/C14H10F3NO4S/c1-7-2-8(15)4-9(3-7)23(21,22)18-13-6-12(17)11(16)5-10(13)14(19)20/h2-6,18H,1H3,(H,19,20). The van der Waals surface area contributed by atoms with Gasteiger partial charge < -0.3 is 5.11 Å². The number of benzene rings is 2. The van der Waals surface area contributed by atoms with E-state index in [0.717, 1.165) is 18.2 Å². The topological polar surface area (TPSA) is 83.5 Å². The number of aromatic carboxylic acids is 1. The minimum atomic E-state index is -4.39. The molecular weight excluding hydrogens is 335 g/mol. The predicted molar refractivity (Wildman–Crippen MR) is 75.3 cm³/mol. The average molecular weight is 345 g/mol. The normalized spacial score (nSPS) is 11.3. The molecule has 0 spiro atoms. The molecule has 0 saturated carbocycles. The highest BCUT2D eigenvalue weighted by Crippen LogP contribution is 2.24. The van der Waals surface area contributed by atoms with E-state index in [4.69, 9.17) is 5.11 Å². The summed E-state index contributed by atoms with van der Waals surface area (Å²) in [5, 5.41) is 8.95. The molecule has 0 atom stereocenters. The van der Waals surface area contributed by atoms with E-state index in [9.17, 15) is 26.4 Å². The lowest BCUT2D eigenvalue weighted by Gasteiger charge is -2.12. The van der Waals surface area contributed by atoms with Gasteiger partial charge in [0, 0.05) is 6.07 Å². The number of carboxylic acids is 1. The minimum absolute atomic E-state index is 0.314. The second-order valence-electron chi connectivity index (χ2n) is 4.69. The zero-order chi connectivity index (χ0) is 17.4. The van der Waals surface area contributed by atoms with Crippen molar-refractivity contribution in [1.82, 2.24) is 0 Å². The Morgan fingerprint density at radius 3 is 2.22 bits per heavy atom. The number of halogens is 3. The Bertz CT molecular complexity index is 877. The molecule has 0 unspecified atom stereocenters. The molecular formula is C14H10F3NO4S. The number of carboxylic acid groups (broad SMARTS) is 1. The number of rotatable bonds is 4. The van der Waals surface area contributed by atoms with Gasteiger partial charge in [-0.1, -0.05) is 0 Å². The molecule has 2 aromatic rings. The molecule has 2 N–H and O–H groups in total. The van der Waals surface area contributed by atoms with E-state index < -0.39 is 49.6 Å². The SMILES string of the molecule is Cc1cc(F)cc(S(=O)(=O)Nc2cc(F)c(F)cc2C(=O)O)c1. The fraction of sp³-hybridized carbons (Fsp3) is 0.0714. The fourth-order valence-corrected chi connectivity index (χ4v) is 3.05. The number of sulfonamides is 1. The van der Waals surface area contributed by atoms with Crippen LogP contribution < -0.4 is 4.72 Å². The molecule has 2 rings (SSSR count). The zero-order valence-electron chi connectivity index (χ0n) is 11.6. The third-order valence-corrected chi connectivity index (χ3v) is 4.21. The molecule has 0 aliphatic rings. The highest BCUT2D eigenvalue weighted by molar-refractivity contribution is 7.92. The van der Waals surface area contributed by atoms with Gasteiger partial charge in [0.05, 0.1) is 16.1 Å². The molecule has 0 amide bonds. The van der Waals surface area contributed by atoms with Gasteiger partial charge in [0.2, 0.25) is 0 Å².